The van der Waals surface area contributed by atoms with Crippen LogP contribution in [0.15, 0.2) is 24.3 Å². The molecule has 1 fully saturated rings. The van der Waals surface area contributed by atoms with Gasteiger partial charge in [-0.15, -0.1) is 0 Å². The van der Waals surface area contributed by atoms with Crippen molar-refractivity contribution in [3.8, 4) is 5.75 Å². The fraction of sp³-hybridized carbons (Fsp3) is 0.593. The average molecular weight is 438 g/mol. The molecule has 0 radical (unpaired) electrons. The SMILES string of the molecule is CCCN1CC[C@@]2(c3cccc(OC)c3)Cc3[nH]c(C(=O)N(CC)CC)c(C)c3C[C@@H]2C1. The number of benzene rings is 1. The largest absolute Gasteiger partial charge is 0.497 e. The highest BCUT2D eigenvalue weighted by Crippen LogP contribution is 2.49. The van der Waals surface area contributed by atoms with E-state index in [1.807, 2.05) is 24.8 Å². The predicted molar refractivity (Wildman–Crippen MR) is 130 cm³/mol. The summed E-state index contributed by atoms with van der Waals surface area (Å²) in [7, 11) is 1.75. The number of piperidine rings is 1. The zero-order valence-corrected chi connectivity index (χ0v) is 20.5. The highest BCUT2D eigenvalue weighted by molar-refractivity contribution is 5.94. The second-order valence-electron chi connectivity index (χ2n) is 9.58. The smallest absolute Gasteiger partial charge is 0.270 e. The van der Waals surface area contributed by atoms with Gasteiger partial charge < -0.3 is 19.5 Å². The molecule has 5 heteroatoms. The van der Waals surface area contributed by atoms with E-state index in [9.17, 15) is 4.79 Å². The van der Waals surface area contributed by atoms with Gasteiger partial charge in [-0.3, -0.25) is 4.79 Å². The average Bonchev–Trinajstić information content (AvgIpc) is 3.13. The molecule has 2 aromatic rings. The van der Waals surface area contributed by atoms with Crippen molar-refractivity contribution in [3.05, 3.63) is 52.3 Å². The molecule has 0 unspecified atom stereocenters. The molecule has 1 aromatic heterocycles. The molecule has 2 aliphatic rings. The summed E-state index contributed by atoms with van der Waals surface area (Å²) in [5.41, 5.74) is 6.06. The number of hydrogen-bond donors (Lipinski definition) is 1. The first kappa shape index (κ1) is 22.9. The molecule has 0 bridgehead atoms. The van der Waals surface area contributed by atoms with E-state index in [4.69, 9.17) is 4.74 Å². The molecule has 1 N–H and O–H groups in total. The van der Waals surface area contributed by atoms with Crippen LogP contribution in [0.4, 0.5) is 0 Å². The lowest BCUT2D eigenvalue weighted by atomic mass is 9.58. The van der Waals surface area contributed by atoms with Crippen molar-refractivity contribution in [2.75, 3.05) is 39.8 Å². The van der Waals surface area contributed by atoms with Crippen LogP contribution in [0.5, 0.6) is 5.75 Å². The Hall–Kier alpha value is -2.27. The van der Waals surface area contributed by atoms with E-state index in [1.165, 1.54) is 23.2 Å². The number of aromatic nitrogens is 1. The molecule has 4 rings (SSSR count). The lowest BCUT2D eigenvalue weighted by molar-refractivity contribution is 0.0766. The number of hydrogen-bond acceptors (Lipinski definition) is 3. The number of amides is 1. The molecule has 2 atom stereocenters. The number of aromatic amines is 1. The second-order valence-corrected chi connectivity index (χ2v) is 9.58. The van der Waals surface area contributed by atoms with E-state index in [1.54, 1.807) is 7.11 Å². The molecule has 174 valence electrons. The molecule has 1 aliphatic carbocycles. The van der Waals surface area contributed by atoms with Crippen LogP contribution in [-0.2, 0) is 18.3 Å². The Bertz CT molecular complexity index is 962. The molecule has 1 aliphatic heterocycles. The van der Waals surface area contributed by atoms with Crippen molar-refractivity contribution in [3.63, 3.8) is 0 Å². The predicted octanol–water partition coefficient (Wildman–Crippen LogP) is 4.58. The number of H-pyrrole nitrogens is 1. The molecule has 1 saturated heterocycles. The molecule has 0 saturated carbocycles. The minimum absolute atomic E-state index is 0.0819. The van der Waals surface area contributed by atoms with Gasteiger partial charge in [0.15, 0.2) is 0 Å². The number of rotatable bonds is 7. The summed E-state index contributed by atoms with van der Waals surface area (Å²) in [5.74, 6) is 1.60. The van der Waals surface area contributed by atoms with Crippen molar-refractivity contribution in [2.24, 2.45) is 5.92 Å². The van der Waals surface area contributed by atoms with E-state index >= 15 is 0 Å². The van der Waals surface area contributed by atoms with Crippen molar-refractivity contribution >= 4 is 5.91 Å². The third-order valence-corrected chi connectivity index (χ3v) is 7.99. The van der Waals surface area contributed by atoms with Gasteiger partial charge in [-0.1, -0.05) is 19.1 Å². The Labute approximate surface area is 193 Å². The summed E-state index contributed by atoms with van der Waals surface area (Å²) in [6.45, 7) is 13.4. The Morgan fingerprint density at radius 2 is 2.06 bits per heavy atom. The lowest BCUT2D eigenvalue weighted by Crippen LogP contribution is -2.53. The topological polar surface area (TPSA) is 48.6 Å². The third-order valence-electron chi connectivity index (χ3n) is 7.99. The van der Waals surface area contributed by atoms with Gasteiger partial charge in [0.2, 0.25) is 0 Å². The first-order valence-electron chi connectivity index (χ1n) is 12.3. The Morgan fingerprint density at radius 1 is 1.28 bits per heavy atom. The van der Waals surface area contributed by atoms with E-state index in [2.05, 4.69) is 41.9 Å². The number of carbonyl (C=O) groups is 1. The number of nitrogens with zero attached hydrogens (tertiary/aromatic N) is 2. The minimum atomic E-state index is 0.0819. The zero-order chi connectivity index (χ0) is 22.9. The maximum absolute atomic E-state index is 13.2. The van der Waals surface area contributed by atoms with Gasteiger partial charge >= 0.3 is 0 Å². The second kappa shape index (κ2) is 9.30. The Morgan fingerprint density at radius 3 is 2.75 bits per heavy atom. The summed E-state index contributed by atoms with van der Waals surface area (Å²) < 4.78 is 5.59. The first-order chi connectivity index (χ1) is 15.5. The highest BCUT2D eigenvalue weighted by atomic mass is 16.5. The van der Waals surface area contributed by atoms with Gasteiger partial charge in [0.25, 0.3) is 5.91 Å². The van der Waals surface area contributed by atoms with Gasteiger partial charge in [-0.2, -0.15) is 0 Å². The van der Waals surface area contributed by atoms with Crippen LogP contribution >= 0.6 is 0 Å². The van der Waals surface area contributed by atoms with Crippen molar-refractivity contribution in [1.82, 2.24) is 14.8 Å². The summed E-state index contributed by atoms with van der Waals surface area (Å²) in [5, 5.41) is 0. The molecular weight excluding hydrogens is 398 g/mol. The van der Waals surface area contributed by atoms with Crippen LogP contribution in [0.25, 0.3) is 0 Å². The standard InChI is InChI=1S/C27H39N3O2/c1-6-13-29-14-12-27(20-10-9-11-22(15-20)32-5)17-24-23(16-21(27)18-29)19(4)25(28-24)26(31)30(7-2)8-3/h9-11,15,21,28H,6-8,12-14,16-18H2,1-5H3/t21-,27+/m1/s1. The van der Waals surface area contributed by atoms with Gasteiger partial charge in [-0.25, -0.2) is 0 Å². The number of nitrogens with one attached hydrogen (secondary N) is 1. The Kier molecular flexibility index (Phi) is 6.66. The number of methoxy groups -OCH3 is 1. The monoisotopic (exact) mass is 437 g/mol. The van der Waals surface area contributed by atoms with Gasteiger partial charge in [-0.05, 0) is 94.3 Å². The van der Waals surface area contributed by atoms with Crippen molar-refractivity contribution in [2.45, 2.75) is 58.8 Å². The minimum Gasteiger partial charge on any atom is -0.497 e. The fourth-order valence-corrected chi connectivity index (χ4v) is 6.14. The molecule has 32 heavy (non-hydrogen) atoms. The maximum atomic E-state index is 13.2. The Balaban J connectivity index is 1.76. The molecule has 0 spiro atoms. The van der Waals surface area contributed by atoms with Crippen LogP contribution in [0, 0.1) is 12.8 Å². The van der Waals surface area contributed by atoms with E-state index < -0.39 is 0 Å². The van der Waals surface area contributed by atoms with E-state index in [0.717, 1.165) is 69.0 Å². The highest BCUT2D eigenvalue weighted by Gasteiger charge is 2.48. The number of carbonyl (C=O) groups excluding carboxylic acids is 1. The summed E-state index contributed by atoms with van der Waals surface area (Å²) in [6.07, 6.45) is 4.32. The van der Waals surface area contributed by atoms with E-state index in [0.29, 0.717) is 5.92 Å². The van der Waals surface area contributed by atoms with Crippen LogP contribution in [0.2, 0.25) is 0 Å². The van der Waals surface area contributed by atoms with Crippen molar-refractivity contribution in [1.29, 1.82) is 0 Å². The van der Waals surface area contributed by atoms with Gasteiger partial charge in [0.1, 0.15) is 11.4 Å². The normalized spacial score (nSPS) is 22.8. The van der Waals surface area contributed by atoms with Gasteiger partial charge in [0.05, 0.1) is 7.11 Å². The number of ether oxygens (including phenoxy) is 1. The fourth-order valence-electron chi connectivity index (χ4n) is 6.14. The van der Waals surface area contributed by atoms with Crippen LogP contribution in [0.1, 0.15) is 66.5 Å². The van der Waals surface area contributed by atoms with Crippen LogP contribution < -0.4 is 4.74 Å². The quantitative estimate of drug-likeness (QED) is 0.690. The molecule has 5 nitrogen and oxygen atoms in total. The van der Waals surface area contributed by atoms with Crippen molar-refractivity contribution < 1.29 is 9.53 Å². The van der Waals surface area contributed by atoms with Crippen LogP contribution in [0.3, 0.4) is 0 Å². The lowest BCUT2D eigenvalue weighted by Gasteiger charge is -2.51. The number of likely N-dealkylation sites (tertiary alicyclic amines) is 1. The maximum Gasteiger partial charge on any atom is 0.270 e. The van der Waals surface area contributed by atoms with Gasteiger partial charge in [0, 0.05) is 30.7 Å². The number of fused-ring (bicyclic) bond motifs is 2. The van der Waals surface area contributed by atoms with E-state index in [-0.39, 0.29) is 11.3 Å². The summed E-state index contributed by atoms with van der Waals surface area (Å²) in [4.78, 5) is 21.4. The molecule has 2 heterocycles. The molecular formula is C27H39N3O2. The first-order valence-corrected chi connectivity index (χ1v) is 12.3. The summed E-state index contributed by atoms with van der Waals surface area (Å²) in [6, 6.07) is 8.69. The molecule has 1 amide bonds. The molecule has 1 aromatic carbocycles. The zero-order valence-electron chi connectivity index (χ0n) is 20.5. The third kappa shape index (κ3) is 3.85. The summed E-state index contributed by atoms with van der Waals surface area (Å²) >= 11 is 0. The van der Waals surface area contributed by atoms with Crippen LogP contribution in [-0.4, -0.2) is 60.5 Å².